The number of aromatic nitrogens is 2. The van der Waals surface area contributed by atoms with Crippen molar-refractivity contribution in [2.75, 3.05) is 51.3 Å². The zero-order valence-electron chi connectivity index (χ0n) is 15.5. The van der Waals surface area contributed by atoms with Crippen LogP contribution in [0, 0.1) is 0 Å². The van der Waals surface area contributed by atoms with Crippen LogP contribution >= 0.6 is 0 Å². The zero-order valence-corrected chi connectivity index (χ0v) is 15.5. The third kappa shape index (κ3) is 4.62. The minimum Gasteiger partial charge on any atom is -0.383 e. The van der Waals surface area contributed by atoms with Gasteiger partial charge in [0.05, 0.1) is 30.4 Å². The van der Waals surface area contributed by atoms with E-state index in [2.05, 4.69) is 4.98 Å². The largest absolute Gasteiger partial charge is 0.415 e. The number of aliphatic hydroxyl groups is 1. The number of halogens is 3. The maximum Gasteiger partial charge on any atom is 0.415 e. The average molecular weight is 400 g/mol. The number of anilines is 1. The third-order valence-electron chi connectivity index (χ3n) is 4.89. The normalized spacial score (nSPS) is 17.2. The number of nitrogens with zero attached hydrogens (tertiary/aromatic N) is 4. The lowest BCUT2D eigenvalue weighted by atomic mass is 10.2. The van der Waals surface area contributed by atoms with E-state index in [9.17, 15) is 23.1 Å². The molecule has 0 saturated carbocycles. The fourth-order valence-electron chi connectivity index (χ4n) is 3.23. The summed E-state index contributed by atoms with van der Waals surface area (Å²) in [6.45, 7) is 2.30. The first-order chi connectivity index (χ1) is 13.3. The summed E-state index contributed by atoms with van der Waals surface area (Å²) in [5, 5.41) is 9.72. The Balaban J connectivity index is 1.67. The summed E-state index contributed by atoms with van der Waals surface area (Å²) >= 11 is 0. The van der Waals surface area contributed by atoms with Gasteiger partial charge < -0.3 is 14.7 Å². The van der Waals surface area contributed by atoms with E-state index < -0.39 is 18.8 Å². The minimum absolute atomic E-state index is 0.139. The van der Waals surface area contributed by atoms with Gasteiger partial charge in [-0.3, -0.25) is 14.3 Å². The zero-order chi connectivity index (χ0) is 20.3. The van der Waals surface area contributed by atoms with Crippen LogP contribution < -0.4 is 10.5 Å². The van der Waals surface area contributed by atoms with Crippen molar-refractivity contribution in [1.29, 1.82) is 0 Å². The molecule has 0 bridgehead atoms. The molecule has 1 aliphatic heterocycles. The van der Waals surface area contributed by atoms with Crippen LogP contribution in [-0.2, 0) is 11.3 Å². The number of alkyl halides is 3. The SMILES string of the molecule is COCCn1cnc2cc(N3CCN(CC(O)C(F)(F)F)CC3)ccc2c1=O. The number of ether oxygens (including phenoxy) is 1. The summed E-state index contributed by atoms with van der Waals surface area (Å²) in [4.78, 5) is 20.5. The Morgan fingerprint density at radius 2 is 1.96 bits per heavy atom. The molecule has 0 radical (unpaired) electrons. The fourth-order valence-corrected chi connectivity index (χ4v) is 3.23. The molecule has 1 saturated heterocycles. The smallest absolute Gasteiger partial charge is 0.383 e. The van der Waals surface area contributed by atoms with Gasteiger partial charge in [0.2, 0.25) is 0 Å². The third-order valence-corrected chi connectivity index (χ3v) is 4.89. The molecule has 1 aromatic heterocycles. The van der Waals surface area contributed by atoms with Crippen molar-refractivity contribution in [3.8, 4) is 0 Å². The molecule has 2 heterocycles. The van der Waals surface area contributed by atoms with E-state index in [4.69, 9.17) is 4.74 Å². The molecule has 28 heavy (non-hydrogen) atoms. The van der Waals surface area contributed by atoms with Gasteiger partial charge in [-0.05, 0) is 18.2 Å². The summed E-state index contributed by atoms with van der Waals surface area (Å²) in [5.41, 5.74) is 1.30. The molecule has 1 fully saturated rings. The molecule has 0 aliphatic carbocycles. The number of piperazine rings is 1. The molecular weight excluding hydrogens is 377 g/mol. The van der Waals surface area contributed by atoms with Crippen molar-refractivity contribution in [3.05, 3.63) is 34.9 Å². The molecule has 1 aliphatic rings. The second-order valence-electron chi connectivity index (χ2n) is 6.78. The van der Waals surface area contributed by atoms with Gasteiger partial charge in [-0.25, -0.2) is 4.98 Å². The lowest BCUT2D eigenvalue weighted by molar-refractivity contribution is -0.208. The Morgan fingerprint density at radius 1 is 1.25 bits per heavy atom. The number of rotatable bonds is 6. The molecule has 0 amide bonds. The summed E-state index contributed by atoms with van der Waals surface area (Å²) in [5.74, 6) is 0. The quantitative estimate of drug-likeness (QED) is 0.783. The first kappa shape index (κ1) is 20.6. The summed E-state index contributed by atoms with van der Waals surface area (Å²) in [7, 11) is 1.56. The molecule has 0 spiro atoms. The number of hydrogen-bond donors (Lipinski definition) is 1. The monoisotopic (exact) mass is 400 g/mol. The fraction of sp³-hybridized carbons (Fsp3) is 0.556. The van der Waals surface area contributed by atoms with E-state index in [1.807, 2.05) is 17.0 Å². The highest BCUT2D eigenvalue weighted by Crippen LogP contribution is 2.23. The number of methoxy groups -OCH3 is 1. The van der Waals surface area contributed by atoms with E-state index in [-0.39, 0.29) is 5.56 Å². The van der Waals surface area contributed by atoms with Crippen molar-refractivity contribution in [2.24, 2.45) is 0 Å². The second kappa shape index (κ2) is 8.46. The summed E-state index contributed by atoms with van der Waals surface area (Å²) < 4.78 is 44.0. The maximum atomic E-state index is 12.5. The highest BCUT2D eigenvalue weighted by atomic mass is 19.4. The van der Waals surface area contributed by atoms with Crippen molar-refractivity contribution in [2.45, 2.75) is 18.8 Å². The van der Waals surface area contributed by atoms with Gasteiger partial charge in [-0.15, -0.1) is 0 Å². The van der Waals surface area contributed by atoms with E-state index in [1.54, 1.807) is 18.1 Å². The topological polar surface area (TPSA) is 70.8 Å². The van der Waals surface area contributed by atoms with Gasteiger partial charge in [0.25, 0.3) is 5.56 Å². The van der Waals surface area contributed by atoms with Crippen LogP contribution in [0.2, 0.25) is 0 Å². The maximum absolute atomic E-state index is 12.5. The van der Waals surface area contributed by atoms with Crippen molar-refractivity contribution in [3.63, 3.8) is 0 Å². The molecule has 1 aromatic carbocycles. The Hall–Kier alpha value is -2.17. The average Bonchev–Trinajstić information content (AvgIpc) is 2.67. The van der Waals surface area contributed by atoms with E-state index >= 15 is 0 Å². The summed E-state index contributed by atoms with van der Waals surface area (Å²) in [6, 6.07) is 5.37. The molecule has 3 rings (SSSR count). The van der Waals surface area contributed by atoms with Crippen molar-refractivity contribution >= 4 is 16.6 Å². The van der Waals surface area contributed by atoms with Crippen LogP contribution in [0.5, 0.6) is 0 Å². The van der Waals surface area contributed by atoms with Crippen molar-refractivity contribution < 1.29 is 23.0 Å². The number of hydrogen-bond acceptors (Lipinski definition) is 6. The molecule has 2 aromatic rings. The number of fused-ring (bicyclic) bond motifs is 1. The molecule has 7 nitrogen and oxygen atoms in total. The minimum atomic E-state index is -4.60. The molecule has 154 valence electrons. The number of β-amino-alcohol motifs (C(OH)–C–C–N with tert-alkyl or cyclic N) is 1. The van der Waals surface area contributed by atoms with Crippen LogP contribution in [0.25, 0.3) is 10.9 Å². The van der Waals surface area contributed by atoms with Crippen LogP contribution in [0.3, 0.4) is 0 Å². The first-order valence-electron chi connectivity index (χ1n) is 9.00. The lowest BCUT2D eigenvalue weighted by Gasteiger charge is -2.37. The predicted octanol–water partition coefficient (Wildman–Crippen LogP) is 1.09. The van der Waals surface area contributed by atoms with Crippen LogP contribution in [0.4, 0.5) is 18.9 Å². The van der Waals surface area contributed by atoms with Crippen LogP contribution in [0.15, 0.2) is 29.3 Å². The van der Waals surface area contributed by atoms with Gasteiger partial charge in [0.1, 0.15) is 0 Å². The Labute approximate surface area is 159 Å². The number of aliphatic hydroxyl groups excluding tert-OH is 1. The molecule has 1 unspecified atom stereocenters. The molecule has 1 N–H and O–H groups in total. The Morgan fingerprint density at radius 3 is 2.61 bits per heavy atom. The van der Waals surface area contributed by atoms with Gasteiger partial charge in [0, 0.05) is 45.5 Å². The van der Waals surface area contributed by atoms with E-state index in [1.165, 1.54) is 10.9 Å². The highest BCUT2D eigenvalue weighted by Gasteiger charge is 2.39. The number of benzene rings is 1. The Bertz CT molecular complexity index is 863. The van der Waals surface area contributed by atoms with E-state index in [0.29, 0.717) is 50.2 Å². The van der Waals surface area contributed by atoms with Crippen LogP contribution in [0.1, 0.15) is 0 Å². The summed E-state index contributed by atoms with van der Waals surface area (Å²) in [6.07, 6.45) is -5.44. The highest BCUT2D eigenvalue weighted by molar-refractivity contribution is 5.81. The van der Waals surface area contributed by atoms with Gasteiger partial charge in [0.15, 0.2) is 6.10 Å². The van der Waals surface area contributed by atoms with Crippen LogP contribution in [-0.4, -0.2) is 78.3 Å². The second-order valence-corrected chi connectivity index (χ2v) is 6.78. The van der Waals surface area contributed by atoms with E-state index in [0.717, 1.165) is 5.69 Å². The molecule has 10 heteroatoms. The molecule has 1 atom stereocenters. The predicted molar refractivity (Wildman–Crippen MR) is 98.6 cm³/mol. The van der Waals surface area contributed by atoms with Crippen molar-refractivity contribution in [1.82, 2.24) is 14.5 Å². The standard InChI is InChI=1S/C18H23F3N4O3/c1-28-9-8-25-12-22-15-10-13(2-3-14(15)17(25)27)24-6-4-23(5-7-24)11-16(26)18(19,20)21/h2-3,10,12,16,26H,4-9,11H2,1H3. The first-order valence-corrected chi connectivity index (χ1v) is 9.00. The molecular formula is C18H23F3N4O3. The van der Waals surface area contributed by atoms with Gasteiger partial charge in [-0.2, -0.15) is 13.2 Å². The van der Waals surface area contributed by atoms with Gasteiger partial charge in [-0.1, -0.05) is 0 Å². The lowest BCUT2D eigenvalue weighted by Crippen LogP contribution is -2.50. The van der Waals surface area contributed by atoms with Gasteiger partial charge >= 0.3 is 6.18 Å². The Kier molecular flexibility index (Phi) is 6.21.